The average Bonchev–Trinajstić information content (AvgIpc) is 3.58. The molecule has 236 valence electrons. The van der Waals surface area contributed by atoms with Gasteiger partial charge in [0.25, 0.3) is 0 Å². The van der Waals surface area contributed by atoms with Gasteiger partial charge >= 0.3 is 0 Å². The fourth-order valence-electron chi connectivity index (χ4n) is 8.63. The summed E-state index contributed by atoms with van der Waals surface area (Å²) in [5.41, 5.74) is 7.55. The molecule has 1 aromatic heterocycles. The van der Waals surface area contributed by atoms with Crippen LogP contribution in [-0.2, 0) is 0 Å². The first kappa shape index (κ1) is 28.5. The molecule has 10 aromatic carbocycles. The van der Waals surface area contributed by atoms with E-state index in [1.54, 1.807) is 0 Å². The summed E-state index contributed by atoms with van der Waals surface area (Å²) in [5, 5.41) is 15.7. The number of hydrogen-bond acceptors (Lipinski definition) is 1. The first-order valence-corrected chi connectivity index (χ1v) is 18.4. The molecule has 1 heterocycles. The van der Waals surface area contributed by atoms with Gasteiger partial charge in [-0.2, -0.15) is 0 Å². The summed E-state index contributed by atoms with van der Waals surface area (Å²) < 4.78 is 2.70. The number of hydrogen-bond donors (Lipinski definition) is 0. The number of benzene rings is 10. The van der Waals surface area contributed by atoms with Crippen molar-refractivity contribution in [3.63, 3.8) is 0 Å². The predicted octanol–water partition coefficient (Wildman–Crippen LogP) is 14.8. The maximum absolute atomic E-state index is 2.44. The van der Waals surface area contributed by atoms with Crippen LogP contribution in [-0.4, -0.2) is 0 Å². The van der Waals surface area contributed by atoms with Crippen molar-refractivity contribution < 1.29 is 0 Å². The smallest absolute Gasteiger partial charge is 0.0440 e. The van der Waals surface area contributed by atoms with Crippen molar-refractivity contribution in [3.8, 4) is 33.4 Å². The van der Waals surface area contributed by atoms with Gasteiger partial charge in [0.2, 0.25) is 0 Å². The lowest BCUT2D eigenvalue weighted by atomic mass is 9.85. The number of thiophene rings is 1. The molecular formula is C50H30S. The molecule has 0 aliphatic heterocycles. The molecule has 51 heavy (non-hydrogen) atoms. The minimum atomic E-state index is 1.23. The molecule has 0 saturated carbocycles. The molecule has 1 heteroatoms. The van der Waals surface area contributed by atoms with Crippen LogP contribution in [0.3, 0.4) is 0 Å². The second kappa shape index (κ2) is 11.1. The Hall–Kier alpha value is -6.28. The van der Waals surface area contributed by atoms with Crippen LogP contribution in [0, 0.1) is 0 Å². The van der Waals surface area contributed by atoms with Crippen LogP contribution in [0.5, 0.6) is 0 Å². The van der Waals surface area contributed by atoms with E-state index in [9.17, 15) is 0 Å². The third-order valence-corrected chi connectivity index (χ3v) is 12.0. The van der Waals surface area contributed by atoms with Gasteiger partial charge in [-0.3, -0.25) is 0 Å². The monoisotopic (exact) mass is 662 g/mol. The van der Waals surface area contributed by atoms with Gasteiger partial charge in [-0.25, -0.2) is 0 Å². The van der Waals surface area contributed by atoms with Crippen LogP contribution in [0.1, 0.15) is 0 Å². The van der Waals surface area contributed by atoms with E-state index in [0.29, 0.717) is 0 Å². The third-order valence-electron chi connectivity index (χ3n) is 10.8. The Kier molecular flexibility index (Phi) is 6.22. The highest BCUT2D eigenvalue weighted by atomic mass is 32.1. The lowest BCUT2D eigenvalue weighted by Crippen LogP contribution is -1.91. The average molecular weight is 663 g/mol. The molecule has 0 nitrogen and oxygen atoms in total. The zero-order chi connectivity index (χ0) is 33.5. The zero-order valence-corrected chi connectivity index (χ0v) is 28.5. The number of rotatable bonds is 3. The Labute approximate surface area is 299 Å². The molecule has 0 radical (unpaired) electrons. The fourth-order valence-corrected chi connectivity index (χ4v) is 9.90. The van der Waals surface area contributed by atoms with Crippen LogP contribution in [0.4, 0.5) is 0 Å². The van der Waals surface area contributed by atoms with Gasteiger partial charge in [0, 0.05) is 25.6 Å². The minimum absolute atomic E-state index is 1.23. The van der Waals surface area contributed by atoms with Gasteiger partial charge in [-0.05, 0) is 100 Å². The quantitative estimate of drug-likeness (QED) is 0.130. The van der Waals surface area contributed by atoms with Gasteiger partial charge < -0.3 is 0 Å². The first-order chi connectivity index (χ1) is 25.3. The maximum Gasteiger partial charge on any atom is 0.0440 e. The van der Waals surface area contributed by atoms with E-state index in [4.69, 9.17) is 0 Å². The lowest BCUT2D eigenvalue weighted by Gasteiger charge is -2.18. The van der Waals surface area contributed by atoms with E-state index in [1.807, 2.05) is 11.3 Å². The summed E-state index contributed by atoms with van der Waals surface area (Å²) in [6, 6.07) is 67.3. The van der Waals surface area contributed by atoms with Crippen molar-refractivity contribution in [1.29, 1.82) is 0 Å². The molecule has 0 fully saturated rings. The Bertz CT molecular complexity index is 3130. The van der Waals surface area contributed by atoms with E-state index < -0.39 is 0 Å². The molecule has 0 amide bonds. The minimum Gasteiger partial charge on any atom is -0.134 e. The number of fused-ring (bicyclic) bond motifs is 11. The first-order valence-electron chi connectivity index (χ1n) is 17.6. The summed E-state index contributed by atoms with van der Waals surface area (Å²) in [6.07, 6.45) is 0. The van der Waals surface area contributed by atoms with Gasteiger partial charge in [0.1, 0.15) is 0 Å². The summed E-state index contributed by atoms with van der Waals surface area (Å²) >= 11 is 1.93. The van der Waals surface area contributed by atoms with Crippen LogP contribution < -0.4 is 0 Å². The second-order valence-corrected chi connectivity index (χ2v) is 14.6. The van der Waals surface area contributed by atoms with Crippen LogP contribution in [0.15, 0.2) is 182 Å². The van der Waals surface area contributed by atoms with Crippen LogP contribution in [0.2, 0.25) is 0 Å². The maximum atomic E-state index is 2.44. The highest BCUT2D eigenvalue weighted by Crippen LogP contribution is 2.47. The van der Waals surface area contributed by atoms with Gasteiger partial charge in [-0.15, -0.1) is 11.3 Å². The lowest BCUT2D eigenvalue weighted by molar-refractivity contribution is 1.63. The molecular weight excluding hydrogens is 633 g/mol. The van der Waals surface area contributed by atoms with Crippen molar-refractivity contribution >= 4 is 85.4 Å². The third kappa shape index (κ3) is 4.26. The second-order valence-electron chi connectivity index (χ2n) is 13.6. The van der Waals surface area contributed by atoms with Crippen LogP contribution >= 0.6 is 11.3 Å². The van der Waals surface area contributed by atoms with Crippen molar-refractivity contribution in [2.45, 2.75) is 0 Å². The molecule has 0 unspecified atom stereocenters. The molecule has 0 aliphatic carbocycles. The Morgan fingerprint density at radius 2 is 0.804 bits per heavy atom. The topological polar surface area (TPSA) is 0 Å². The normalized spacial score (nSPS) is 11.9. The van der Waals surface area contributed by atoms with E-state index in [1.165, 1.54) is 107 Å². The Balaban J connectivity index is 1.15. The van der Waals surface area contributed by atoms with Crippen molar-refractivity contribution in [2.75, 3.05) is 0 Å². The SMILES string of the molecule is c1ccc(-c2c3ccccc3c(-c3cccc(-c4cccc5cc6c(cc45)sc4c5ccccc5c5ccccc5c64)c3)c3ccccc23)cc1. The largest absolute Gasteiger partial charge is 0.134 e. The highest BCUT2D eigenvalue weighted by molar-refractivity contribution is 7.27. The predicted molar refractivity (Wildman–Crippen MR) is 223 cm³/mol. The molecule has 0 N–H and O–H groups in total. The summed E-state index contributed by atoms with van der Waals surface area (Å²) in [5.74, 6) is 0. The van der Waals surface area contributed by atoms with Gasteiger partial charge in [0.05, 0.1) is 0 Å². The Morgan fingerprint density at radius 1 is 0.294 bits per heavy atom. The molecule has 0 bridgehead atoms. The standard InChI is InChI=1S/C50H30S/c1-2-14-31(15-3-1)47-39-22-7-9-24-41(39)48(42-25-10-8-23-40(42)47)34-18-12-16-32(28-34)35-27-13-17-33-29-45-46(30-44(33)35)51-50-43-26-11-5-20-37(43)36-19-4-6-21-38(36)49(45)50/h1-30H. The van der Waals surface area contributed by atoms with Crippen LogP contribution in [0.25, 0.3) is 107 Å². The molecule has 0 aliphatic rings. The Morgan fingerprint density at radius 3 is 1.49 bits per heavy atom. The zero-order valence-electron chi connectivity index (χ0n) is 27.7. The van der Waals surface area contributed by atoms with Crippen molar-refractivity contribution in [1.82, 2.24) is 0 Å². The van der Waals surface area contributed by atoms with E-state index in [0.717, 1.165) is 0 Å². The fraction of sp³-hybridized carbons (Fsp3) is 0. The van der Waals surface area contributed by atoms with Gasteiger partial charge in [0.15, 0.2) is 0 Å². The van der Waals surface area contributed by atoms with Crippen molar-refractivity contribution in [3.05, 3.63) is 182 Å². The highest BCUT2D eigenvalue weighted by Gasteiger charge is 2.18. The summed E-state index contributed by atoms with van der Waals surface area (Å²) in [7, 11) is 0. The molecule has 0 atom stereocenters. The summed E-state index contributed by atoms with van der Waals surface area (Å²) in [4.78, 5) is 0. The van der Waals surface area contributed by atoms with E-state index >= 15 is 0 Å². The van der Waals surface area contributed by atoms with Gasteiger partial charge in [-0.1, -0.05) is 164 Å². The van der Waals surface area contributed by atoms with Crippen molar-refractivity contribution in [2.24, 2.45) is 0 Å². The van der Waals surface area contributed by atoms with E-state index in [-0.39, 0.29) is 0 Å². The van der Waals surface area contributed by atoms with E-state index in [2.05, 4.69) is 182 Å². The molecule has 0 spiro atoms. The summed E-state index contributed by atoms with van der Waals surface area (Å²) in [6.45, 7) is 0. The molecule has 11 rings (SSSR count). The molecule has 0 saturated heterocycles. The molecule has 11 aromatic rings.